The first-order valence-electron chi connectivity index (χ1n) is 5.51. The van der Waals surface area contributed by atoms with Crippen LogP contribution in [0.15, 0.2) is 11.6 Å². The lowest BCUT2D eigenvalue weighted by Crippen LogP contribution is -2.35. The van der Waals surface area contributed by atoms with Crippen molar-refractivity contribution < 1.29 is 5.11 Å². The molecule has 2 aliphatic rings. The summed E-state index contributed by atoms with van der Waals surface area (Å²) in [5.74, 6) is 2.41. The molecule has 0 spiro atoms. The molecule has 0 aromatic heterocycles. The second-order valence-corrected chi connectivity index (χ2v) is 5.29. The third-order valence-electron chi connectivity index (χ3n) is 3.09. The molecule has 3 heteroatoms. The van der Waals surface area contributed by atoms with Gasteiger partial charge < -0.3 is 10.4 Å². The van der Waals surface area contributed by atoms with Crippen molar-refractivity contribution >= 4 is 11.8 Å². The van der Waals surface area contributed by atoms with Crippen LogP contribution in [0.4, 0.5) is 0 Å². The monoisotopic (exact) mass is 213 g/mol. The largest absolute Gasteiger partial charge is 0.393 e. The van der Waals surface area contributed by atoms with Crippen LogP contribution in [0.1, 0.15) is 25.7 Å². The Kier molecular flexibility index (Phi) is 3.90. The fourth-order valence-electron chi connectivity index (χ4n) is 2.10. The lowest BCUT2D eigenvalue weighted by Gasteiger charge is -2.26. The molecule has 14 heavy (non-hydrogen) atoms. The van der Waals surface area contributed by atoms with Crippen LogP contribution < -0.4 is 5.32 Å². The first kappa shape index (κ1) is 10.5. The van der Waals surface area contributed by atoms with Crippen molar-refractivity contribution in [2.45, 2.75) is 37.8 Å². The van der Waals surface area contributed by atoms with E-state index in [2.05, 4.69) is 11.4 Å². The Balaban J connectivity index is 1.65. The molecule has 1 saturated carbocycles. The summed E-state index contributed by atoms with van der Waals surface area (Å²) in [6.07, 6.45) is 6.55. The second kappa shape index (κ2) is 5.19. The van der Waals surface area contributed by atoms with Gasteiger partial charge in [-0.1, -0.05) is 6.08 Å². The number of rotatable bonds is 3. The molecule has 2 rings (SSSR count). The van der Waals surface area contributed by atoms with E-state index in [1.807, 2.05) is 11.8 Å². The van der Waals surface area contributed by atoms with Crippen LogP contribution in [-0.2, 0) is 0 Å². The highest BCUT2D eigenvalue weighted by Gasteiger charge is 2.19. The number of nitrogens with one attached hydrogen (secondary N) is 1. The predicted octanol–water partition coefficient (Wildman–Crippen LogP) is 1.55. The zero-order valence-corrected chi connectivity index (χ0v) is 9.35. The Morgan fingerprint density at radius 2 is 2.14 bits per heavy atom. The minimum absolute atomic E-state index is 0.0331. The van der Waals surface area contributed by atoms with Crippen molar-refractivity contribution in [1.29, 1.82) is 0 Å². The Labute approximate surface area is 90.2 Å². The summed E-state index contributed by atoms with van der Waals surface area (Å²) in [5, 5.41) is 13.0. The van der Waals surface area contributed by atoms with Gasteiger partial charge in [0.25, 0.3) is 0 Å². The van der Waals surface area contributed by atoms with Gasteiger partial charge in [0, 0.05) is 24.1 Å². The Morgan fingerprint density at radius 1 is 1.36 bits per heavy atom. The molecule has 2 N–H and O–H groups in total. The third kappa shape index (κ3) is 3.01. The zero-order chi connectivity index (χ0) is 9.80. The highest BCUT2D eigenvalue weighted by Crippen LogP contribution is 2.20. The molecule has 0 atom stereocenters. The van der Waals surface area contributed by atoms with Gasteiger partial charge in [0.05, 0.1) is 6.10 Å². The van der Waals surface area contributed by atoms with E-state index in [4.69, 9.17) is 0 Å². The minimum Gasteiger partial charge on any atom is -0.393 e. The van der Waals surface area contributed by atoms with E-state index in [0.29, 0.717) is 6.04 Å². The Morgan fingerprint density at radius 3 is 2.79 bits per heavy atom. The smallest absolute Gasteiger partial charge is 0.0541 e. The molecule has 0 amide bonds. The van der Waals surface area contributed by atoms with Crippen LogP contribution in [-0.4, -0.2) is 35.3 Å². The van der Waals surface area contributed by atoms with Crippen LogP contribution >= 0.6 is 11.8 Å². The minimum atomic E-state index is -0.0331. The molecule has 80 valence electrons. The molecule has 1 heterocycles. The molecule has 2 nitrogen and oxygen atoms in total. The van der Waals surface area contributed by atoms with Crippen molar-refractivity contribution in [2.24, 2.45) is 0 Å². The predicted molar refractivity (Wildman–Crippen MR) is 61.7 cm³/mol. The van der Waals surface area contributed by atoms with Crippen LogP contribution in [0.25, 0.3) is 0 Å². The Bertz CT molecular complexity index is 209. The number of thioether (sulfide) groups is 1. The van der Waals surface area contributed by atoms with Crippen molar-refractivity contribution in [1.82, 2.24) is 5.32 Å². The van der Waals surface area contributed by atoms with Crippen LogP contribution in [0.3, 0.4) is 0 Å². The van der Waals surface area contributed by atoms with Gasteiger partial charge in [-0.2, -0.15) is 11.8 Å². The quantitative estimate of drug-likeness (QED) is 0.698. The summed E-state index contributed by atoms with van der Waals surface area (Å²) in [4.78, 5) is 0. The van der Waals surface area contributed by atoms with Gasteiger partial charge in [-0.15, -0.1) is 0 Å². The topological polar surface area (TPSA) is 32.3 Å². The van der Waals surface area contributed by atoms with Gasteiger partial charge in [-0.3, -0.25) is 0 Å². The second-order valence-electron chi connectivity index (χ2n) is 4.26. The average Bonchev–Trinajstić information content (AvgIpc) is 2.70. The maximum Gasteiger partial charge on any atom is 0.0541 e. The molecule has 0 aromatic rings. The molecule has 0 saturated heterocycles. The van der Waals surface area contributed by atoms with Crippen molar-refractivity contribution in [3.05, 3.63) is 11.6 Å². The number of aliphatic hydroxyl groups is 1. The summed E-state index contributed by atoms with van der Waals surface area (Å²) >= 11 is 2.00. The first-order valence-corrected chi connectivity index (χ1v) is 6.67. The lowest BCUT2D eigenvalue weighted by molar-refractivity contribution is 0.117. The van der Waals surface area contributed by atoms with Crippen LogP contribution in [0.5, 0.6) is 0 Å². The van der Waals surface area contributed by atoms with Gasteiger partial charge in [0.2, 0.25) is 0 Å². The molecule has 1 fully saturated rings. The zero-order valence-electron chi connectivity index (χ0n) is 8.54. The van der Waals surface area contributed by atoms with Crippen molar-refractivity contribution in [3.63, 3.8) is 0 Å². The molecule has 0 aromatic carbocycles. The van der Waals surface area contributed by atoms with Gasteiger partial charge in [-0.25, -0.2) is 0 Å². The number of aliphatic hydroxyl groups excluding tert-OH is 1. The summed E-state index contributed by atoms with van der Waals surface area (Å²) in [6, 6.07) is 0.643. The summed E-state index contributed by atoms with van der Waals surface area (Å²) in [7, 11) is 0. The highest BCUT2D eigenvalue weighted by molar-refractivity contribution is 7.99. The van der Waals surface area contributed by atoms with Crippen LogP contribution in [0, 0.1) is 0 Å². The fraction of sp³-hybridized carbons (Fsp3) is 0.818. The lowest BCUT2D eigenvalue weighted by atomic mass is 9.93. The molecule has 0 radical (unpaired) electrons. The van der Waals surface area contributed by atoms with E-state index in [9.17, 15) is 5.11 Å². The van der Waals surface area contributed by atoms with E-state index >= 15 is 0 Å². The molecule has 1 aliphatic carbocycles. The average molecular weight is 213 g/mol. The summed E-state index contributed by atoms with van der Waals surface area (Å²) in [5.41, 5.74) is 1.56. The maximum absolute atomic E-state index is 9.36. The van der Waals surface area contributed by atoms with E-state index in [0.717, 1.165) is 32.2 Å². The molecular weight excluding hydrogens is 194 g/mol. The van der Waals surface area contributed by atoms with Crippen molar-refractivity contribution in [3.8, 4) is 0 Å². The first-order chi connectivity index (χ1) is 6.84. The van der Waals surface area contributed by atoms with E-state index in [1.165, 1.54) is 11.5 Å². The SMILES string of the molecule is OC1CCC(NCC2=CCSC2)CC1. The van der Waals surface area contributed by atoms with Gasteiger partial charge in [0.1, 0.15) is 0 Å². The number of hydrogen-bond acceptors (Lipinski definition) is 3. The normalized spacial score (nSPS) is 33.1. The third-order valence-corrected chi connectivity index (χ3v) is 4.07. The molecule has 0 bridgehead atoms. The van der Waals surface area contributed by atoms with E-state index < -0.39 is 0 Å². The molecular formula is C11H19NOS. The van der Waals surface area contributed by atoms with Gasteiger partial charge in [0.15, 0.2) is 0 Å². The van der Waals surface area contributed by atoms with Crippen LogP contribution in [0.2, 0.25) is 0 Å². The van der Waals surface area contributed by atoms with Gasteiger partial charge in [-0.05, 0) is 31.3 Å². The van der Waals surface area contributed by atoms with Crippen molar-refractivity contribution in [2.75, 3.05) is 18.1 Å². The number of hydrogen-bond donors (Lipinski definition) is 2. The van der Waals surface area contributed by atoms with E-state index in [-0.39, 0.29) is 6.10 Å². The summed E-state index contributed by atoms with van der Waals surface area (Å²) in [6.45, 7) is 1.06. The standard InChI is InChI=1S/C11H19NOS/c13-11-3-1-10(2-4-11)12-7-9-5-6-14-8-9/h5,10-13H,1-4,6-8H2. The molecule has 1 aliphatic heterocycles. The molecule has 0 unspecified atom stereocenters. The summed E-state index contributed by atoms with van der Waals surface area (Å²) < 4.78 is 0. The van der Waals surface area contributed by atoms with E-state index in [1.54, 1.807) is 5.57 Å². The van der Waals surface area contributed by atoms with Gasteiger partial charge >= 0.3 is 0 Å². The maximum atomic E-state index is 9.36. The Hall–Kier alpha value is 0.01000. The highest BCUT2D eigenvalue weighted by atomic mass is 32.2. The fourth-order valence-corrected chi connectivity index (χ4v) is 3.06.